The van der Waals surface area contributed by atoms with Gasteiger partial charge in [-0.3, -0.25) is 4.79 Å². The second-order valence-electron chi connectivity index (χ2n) is 8.28. The summed E-state index contributed by atoms with van der Waals surface area (Å²) in [5, 5.41) is 0. The van der Waals surface area contributed by atoms with Crippen LogP contribution in [0.2, 0.25) is 0 Å². The summed E-state index contributed by atoms with van der Waals surface area (Å²) in [5.41, 5.74) is 1.25. The maximum atomic E-state index is 13.1. The van der Waals surface area contributed by atoms with Crippen molar-refractivity contribution in [2.24, 2.45) is 0 Å². The van der Waals surface area contributed by atoms with Gasteiger partial charge in [0.25, 0.3) is 6.47 Å². The molecule has 0 spiro atoms. The molecule has 0 aliphatic heterocycles. The molecule has 4 heteroatoms. The molecule has 0 heterocycles. The molecule has 0 aromatic heterocycles. The van der Waals surface area contributed by atoms with E-state index < -0.39 is 11.4 Å². The molecule has 4 nitrogen and oxygen atoms in total. The van der Waals surface area contributed by atoms with Crippen molar-refractivity contribution in [3.05, 3.63) is 59.2 Å². The maximum Gasteiger partial charge on any atom is 0.344 e. The number of rotatable bonds is 4. The summed E-state index contributed by atoms with van der Waals surface area (Å²) >= 11 is 0. The van der Waals surface area contributed by atoms with Gasteiger partial charge in [0, 0.05) is 5.56 Å². The summed E-state index contributed by atoms with van der Waals surface area (Å²) < 4.78 is 10.8. The highest BCUT2D eigenvalue weighted by atomic mass is 16.5. The Labute approximate surface area is 155 Å². The maximum absolute atomic E-state index is 13.1. The highest BCUT2D eigenvalue weighted by molar-refractivity contribution is 5.96. The standard InChI is InChI=1S/C22H26O4/c1-21(2,3)16-12-13-17(25-14-23)19(22(4,5)6)18(16)20(24)26-15-10-8-7-9-11-15/h7-14H,1-6H3. The number of para-hydroxylation sites is 1. The lowest BCUT2D eigenvalue weighted by molar-refractivity contribution is -0.120. The Morgan fingerprint density at radius 3 is 2.00 bits per heavy atom. The molecule has 0 bridgehead atoms. The molecule has 2 aromatic carbocycles. The molecule has 0 N–H and O–H groups in total. The number of esters is 1. The van der Waals surface area contributed by atoms with E-state index in [2.05, 4.69) is 0 Å². The van der Waals surface area contributed by atoms with Gasteiger partial charge < -0.3 is 9.47 Å². The first-order valence-corrected chi connectivity index (χ1v) is 8.61. The predicted octanol–water partition coefficient (Wildman–Crippen LogP) is 5.04. The van der Waals surface area contributed by atoms with Gasteiger partial charge in [-0.05, 0) is 34.6 Å². The van der Waals surface area contributed by atoms with Crippen LogP contribution < -0.4 is 9.47 Å². The molecule has 26 heavy (non-hydrogen) atoms. The highest BCUT2D eigenvalue weighted by Crippen LogP contribution is 2.40. The lowest BCUT2D eigenvalue weighted by Gasteiger charge is -2.30. The van der Waals surface area contributed by atoms with Crippen molar-refractivity contribution in [2.45, 2.75) is 52.4 Å². The molecule has 0 aliphatic carbocycles. The average Bonchev–Trinajstić information content (AvgIpc) is 2.53. The molecule has 0 unspecified atom stereocenters. The van der Waals surface area contributed by atoms with Gasteiger partial charge in [0.1, 0.15) is 11.5 Å². The van der Waals surface area contributed by atoms with Crippen molar-refractivity contribution in [3.63, 3.8) is 0 Å². The largest absolute Gasteiger partial charge is 0.428 e. The fraction of sp³-hybridized carbons (Fsp3) is 0.364. The van der Waals surface area contributed by atoms with Crippen LogP contribution in [0.5, 0.6) is 11.5 Å². The Morgan fingerprint density at radius 1 is 0.885 bits per heavy atom. The smallest absolute Gasteiger partial charge is 0.344 e. The molecule has 0 saturated carbocycles. The van der Waals surface area contributed by atoms with Gasteiger partial charge >= 0.3 is 5.97 Å². The second-order valence-corrected chi connectivity index (χ2v) is 8.28. The summed E-state index contributed by atoms with van der Waals surface area (Å²) in [6.45, 7) is 12.4. The van der Waals surface area contributed by atoms with Gasteiger partial charge in [0.15, 0.2) is 0 Å². The van der Waals surface area contributed by atoms with Crippen LogP contribution in [0.3, 0.4) is 0 Å². The van der Waals surface area contributed by atoms with Crippen molar-refractivity contribution in [1.82, 2.24) is 0 Å². The third kappa shape index (κ3) is 4.31. The Hall–Kier alpha value is -2.62. The lowest BCUT2D eigenvalue weighted by Crippen LogP contribution is -2.26. The van der Waals surface area contributed by atoms with Crippen molar-refractivity contribution >= 4 is 12.4 Å². The van der Waals surface area contributed by atoms with E-state index in [1.54, 1.807) is 18.2 Å². The highest BCUT2D eigenvalue weighted by Gasteiger charge is 2.33. The van der Waals surface area contributed by atoms with Crippen molar-refractivity contribution in [2.75, 3.05) is 0 Å². The quantitative estimate of drug-likeness (QED) is 0.439. The fourth-order valence-corrected chi connectivity index (χ4v) is 2.96. The fourth-order valence-electron chi connectivity index (χ4n) is 2.96. The minimum absolute atomic E-state index is 0.287. The summed E-state index contributed by atoms with van der Waals surface area (Å²) in [5.74, 6) is 0.391. The van der Waals surface area contributed by atoms with Gasteiger partial charge in [-0.1, -0.05) is 65.8 Å². The van der Waals surface area contributed by atoms with Crippen LogP contribution in [-0.2, 0) is 15.6 Å². The molecule has 0 amide bonds. The second kappa shape index (κ2) is 7.32. The first-order chi connectivity index (χ1) is 12.1. The predicted molar refractivity (Wildman–Crippen MR) is 102 cm³/mol. The third-order valence-corrected chi connectivity index (χ3v) is 4.06. The van der Waals surface area contributed by atoms with Gasteiger partial charge in [0.05, 0.1) is 5.56 Å². The minimum atomic E-state index is -0.456. The Kier molecular flexibility index (Phi) is 5.55. The number of carbonyl (C=O) groups is 2. The summed E-state index contributed by atoms with van der Waals surface area (Å²) in [6.07, 6.45) is 0. The number of benzene rings is 2. The minimum Gasteiger partial charge on any atom is -0.428 e. The summed E-state index contributed by atoms with van der Waals surface area (Å²) in [6, 6.07) is 12.5. The molecule has 0 atom stereocenters. The van der Waals surface area contributed by atoms with Crippen LogP contribution in [0.1, 0.15) is 63.0 Å². The van der Waals surface area contributed by atoms with E-state index in [4.69, 9.17) is 9.47 Å². The topological polar surface area (TPSA) is 52.6 Å². The molecule has 0 saturated heterocycles. The molecule has 0 radical (unpaired) electrons. The Balaban J connectivity index is 2.71. The third-order valence-electron chi connectivity index (χ3n) is 4.06. The van der Waals surface area contributed by atoms with Crippen LogP contribution in [0.4, 0.5) is 0 Å². The molecule has 0 aliphatic rings. The molecule has 0 fully saturated rings. The van der Waals surface area contributed by atoms with E-state index in [-0.39, 0.29) is 5.41 Å². The number of hydrogen-bond acceptors (Lipinski definition) is 4. The summed E-state index contributed by atoms with van der Waals surface area (Å²) in [4.78, 5) is 24.1. The zero-order valence-electron chi connectivity index (χ0n) is 16.3. The monoisotopic (exact) mass is 354 g/mol. The van der Waals surface area contributed by atoms with Crippen molar-refractivity contribution < 1.29 is 19.1 Å². The van der Waals surface area contributed by atoms with Crippen LogP contribution in [0.15, 0.2) is 42.5 Å². The van der Waals surface area contributed by atoms with E-state index >= 15 is 0 Å². The normalized spacial score (nSPS) is 11.8. The van der Waals surface area contributed by atoms with Gasteiger partial charge in [0.2, 0.25) is 0 Å². The van der Waals surface area contributed by atoms with E-state index in [0.717, 1.165) is 5.56 Å². The van der Waals surface area contributed by atoms with Gasteiger partial charge in [-0.2, -0.15) is 0 Å². The molecular formula is C22H26O4. The lowest BCUT2D eigenvalue weighted by atomic mass is 9.75. The van der Waals surface area contributed by atoms with Crippen molar-refractivity contribution in [1.29, 1.82) is 0 Å². The number of hydrogen-bond donors (Lipinski definition) is 0. The molecule has 2 rings (SSSR count). The van der Waals surface area contributed by atoms with Crippen molar-refractivity contribution in [3.8, 4) is 11.5 Å². The summed E-state index contributed by atoms with van der Waals surface area (Å²) in [7, 11) is 0. The molecule has 138 valence electrons. The first kappa shape index (κ1) is 19.7. The van der Waals surface area contributed by atoms with Gasteiger partial charge in [-0.15, -0.1) is 0 Å². The Morgan fingerprint density at radius 2 is 1.50 bits per heavy atom. The SMILES string of the molecule is CC(C)(C)c1ccc(OC=O)c(C(C)(C)C)c1C(=O)Oc1ccccc1. The zero-order chi connectivity index (χ0) is 19.5. The van der Waals surface area contributed by atoms with E-state index in [0.29, 0.717) is 29.1 Å². The number of carbonyl (C=O) groups excluding carboxylic acids is 2. The van der Waals surface area contributed by atoms with Crippen LogP contribution >= 0.6 is 0 Å². The van der Waals surface area contributed by atoms with Crippen LogP contribution in [-0.4, -0.2) is 12.4 Å². The molecule has 2 aromatic rings. The average molecular weight is 354 g/mol. The van der Waals surface area contributed by atoms with Crippen LogP contribution in [0.25, 0.3) is 0 Å². The first-order valence-electron chi connectivity index (χ1n) is 8.61. The Bertz CT molecular complexity index is 793. The van der Waals surface area contributed by atoms with Crippen LogP contribution in [0, 0.1) is 0 Å². The number of ether oxygens (including phenoxy) is 2. The van der Waals surface area contributed by atoms with Gasteiger partial charge in [-0.25, -0.2) is 4.79 Å². The molecular weight excluding hydrogens is 328 g/mol. The zero-order valence-corrected chi connectivity index (χ0v) is 16.3. The van der Waals surface area contributed by atoms with E-state index in [1.165, 1.54) is 0 Å². The van der Waals surface area contributed by atoms with E-state index in [1.807, 2.05) is 65.8 Å². The van der Waals surface area contributed by atoms with E-state index in [9.17, 15) is 9.59 Å².